The smallest absolute Gasteiger partial charge is 0.240 e. The topological polar surface area (TPSA) is 66.5 Å². The molecule has 0 aliphatic carbocycles. The average Bonchev–Trinajstić information content (AvgIpc) is 2.57. The Balaban J connectivity index is 2.07. The first-order chi connectivity index (χ1) is 12.6. The Kier molecular flexibility index (Phi) is 7.33. The van der Waals surface area contributed by atoms with E-state index in [0.29, 0.717) is 6.42 Å². The van der Waals surface area contributed by atoms with E-state index in [0.717, 1.165) is 16.1 Å². The van der Waals surface area contributed by atoms with Crippen LogP contribution in [0.25, 0.3) is 0 Å². The Hall–Kier alpha value is -1.54. The highest BCUT2D eigenvalue weighted by Gasteiger charge is 2.24. The first-order valence-corrected chi connectivity index (χ1v) is 10.7. The summed E-state index contributed by atoms with van der Waals surface area (Å²) in [5, 5.41) is 2.95. The van der Waals surface area contributed by atoms with Crippen LogP contribution in [0.3, 0.4) is 0 Å². The van der Waals surface area contributed by atoms with Crippen molar-refractivity contribution in [3.05, 3.63) is 62.8 Å². The van der Waals surface area contributed by atoms with Crippen LogP contribution < -0.4 is 9.62 Å². The van der Waals surface area contributed by atoms with E-state index in [1.54, 1.807) is 12.1 Å². The van der Waals surface area contributed by atoms with Crippen molar-refractivity contribution in [2.45, 2.75) is 6.42 Å². The van der Waals surface area contributed by atoms with E-state index in [2.05, 4.69) is 5.32 Å². The second kappa shape index (κ2) is 9.10. The lowest BCUT2D eigenvalue weighted by molar-refractivity contribution is -0.119. The molecule has 1 N–H and O–H groups in total. The number of amides is 1. The molecular weight excluding hydrogens is 438 g/mol. The predicted octanol–water partition coefficient (Wildman–Crippen LogP) is 3.91. The number of anilines is 1. The normalized spacial score (nSPS) is 11.3. The molecule has 0 bridgehead atoms. The lowest BCUT2D eigenvalue weighted by Crippen LogP contribution is -2.41. The summed E-state index contributed by atoms with van der Waals surface area (Å²) in [6.45, 7) is -0.211. The molecule has 0 aromatic heterocycles. The largest absolute Gasteiger partial charge is 0.354 e. The minimum Gasteiger partial charge on any atom is -0.354 e. The predicted molar refractivity (Wildman–Crippen MR) is 107 cm³/mol. The van der Waals surface area contributed by atoms with Crippen molar-refractivity contribution in [2.75, 3.05) is 23.7 Å². The van der Waals surface area contributed by atoms with Crippen LogP contribution in [0.2, 0.25) is 15.1 Å². The molecule has 0 radical (unpaired) electrons. The molecule has 0 spiro atoms. The zero-order chi connectivity index (χ0) is 20.2. The van der Waals surface area contributed by atoms with Gasteiger partial charge in [-0.2, -0.15) is 0 Å². The number of nitrogens with one attached hydrogen (secondary N) is 1. The fourth-order valence-corrected chi connectivity index (χ4v) is 3.82. The van der Waals surface area contributed by atoms with Crippen molar-refractivity contribution in [3.8, 4) is 0 Å². The number of rotatable bonds is 7. The van der Waals surface area contributed by atoms with Gasteiger partial charge in [-0.1, -0.05) is 46.9 Å². The fraction of sp³-hybridized carbons (Fsp3) is 0.235. The maximum atomic E-state index is 12.9. The van der Waals surface area contributed by atoms with E-state index in [1.807, 2.05) is 0 Å². The third-order valence-electron chi connectivity index (χ3n) is 3.60. The molecule has 0 aliphatic heterocycles. The van der Waals surface area contributed by atoms with Crippen LogP contribution in [0.15, 0.2) is 36.4 Å². The molecular formula is C17H16Cl3FN2O3S. The van der Waals surface area contributed by atoms with Crippen LogP contribution in [0.1, 0.15) is 5.56 Å². The minimum absolute atomic E-state index is 0.0499. The second-order valence-electron chi connectivity index (χ2n) is 5.71. The van der Waals surface area contributed by atoms with Crippen molar-refractivity contribution < 1.29 is 17.6 Å². The van der Waals surface area contributed by atoms with E-state index < -0.39 is 22.5 Å². The molecule has 146 valence electrons. The average molecular weight is 454 g/mol. The van der Waals surface area contributed by atoms with Gasteiger partial charge >= 0.3 is 0 Å². The van der Waals surface area contributed by atoms with Gasteiger partial charge in [0.15, 0.2) is 0 Å². The lowest BCUT2D eigenvalue weighted by atomic mass is 10.1. The molecule has 27 heavy (non-hydrogen) atoms. The maximum absolute atomic E-state index is 12.9. The molecule has 2 aromatic carbocycles. The van der Waals surface area contributed by atoms with Crippen molar-refractivity contribution >= 4 is 56.4 Å². The van der Waals surface area contributed by atoms with Crippen LogP contribution in [0, 0.1) is 5.82 Å². The van der Waals surface area contributed by atoms with E-state index in [9.17, 15) is 17.6 Å². The summed E-state index contributed by atoms with van der Waals surface area (Å²) in [6.07, 6.45) is 1.43. The fourth-order valence-electron chi connectivity index (χ4n) is 2.27. The molecule has 0 saturated carbocycles. The van der Waals surface area contributed by atoms with Crippen molar-refractivity contribution in [3.63, 3.8) is 0 Å². The van der Waals surface area contributed by atoms with Gasteiger partial charge in [0, 0.05) is 6.54 Å². The molecule has 0 fully saturated rings. The van der Waals surface area contributed by atoms with Crippen molar-refractivity contribution in [2.24, 2.45) is 0 Å². The number of hydrogen-bond acceptors (Lipinski definition) is 3. The zero-order valence-corrected chi connectivity index (χ0v) is 17.3. The number of halogens is 4. The minimum atomic E-state index is -3.80. The summed E-state index contributed by atoms with van der Waals surface area (Å²) >= 11 is 17.9. The van der Waals surface area contributed by atoms with Crippen molar-refractivity contribution in [1.82, 2.24) is 5.32 Å². The van der Waals surface area contributed by atoms with E-state index >= 15 is 0 Å². The van der Waals surface area contributed by atoms with Gasteiger partial charge in [0.25, 0.3) is 0 Å². The molecule has 2 aromatic rings. The highest BCUT2D eigenvalue weighted by molar-refractivity contribution is 7.92. The highest BCUT2D eigenvalue weighted by Crippen LogP contribution is 2.35. The number of carbonyl (C=O) groups excluding carboxylic acids is 1. The Morgan fingerprint density at radius 1 is 1.07 bits per heavy atom. The number of sulfonamides is 1. The Morgan fingerprint density at radius 3 is 2.26 bits per heavy atom. The highest BCUT2D eigenvalue weighted by atomic mass is 35.5. The van der Waals surface area contributed by atoms with Gasteiger partial charge in [-0.15, -0.1) is 0 Å². The van der Waals surface area contributed by atoms with Crippen molar-refractivity contribution in [1.29, 1.82) is 0 Å². The molecule has 0 atom stereocenters. The van der Waals surface area contributed by atoms with Crippen LogP contribution in [-0.4, -0.2) is 33.7 Å². The van der Waals surface area contributed by atoms with Gasteiger partial charge < -0.3 is 5.32 Å². The molecule has 0 unspecified atom stereocenters. The molecule has 0 saturated heterocycles. The quantitative estimate of drug-likeness (QED) is 0.646. The monoisotopic (exact) mass is 452 g/mol. The molecule has 0 heterocycles. The standard InChI is InChI=1S/C17H16Cl3FN2O3S/c1-27(25,26)23(16-9-14(19)13(18)8-15(16)20)10-17(24)22-7-6-11-2-4-12(21)5-3-11/h2-5,8-9H,6-7,10H2,1H3,(H,22,24). The Morgan fingerprint density at radius 2 is 1.67 bits per heavy atom. The third kappa shape index (κ3) is 6.24. The van der Waals surface area contributed by atoms with Gasteiger partial charge in [0.1, 0.15) is 12.4 Å². The van der Waals surface area contributed by atoms with E-state index in [4.69, 9.17) is 34.8 Å². The summed E-state index contributed by atoms with van der Waals surface area (Å²) in [7, 11) is -3.80. The van der Waals surface area contributed by atoms with Gasteiger partial charge in [-0.3, -0.25) is 9.10 Å². The number of nitrogens with zero attached hydrogens (tertiary/aromatic N) is 1. The van der Waals surface area contributed by atoms with Gasteiger partial charge in [0.05, 0.1) is 27.0 Å². The van der Waals surface area contributed by atoms with E-state index in [-0.39, 0.29) is 33.1 Å². The summed E-state index contributed by atoms with van der Waals surface area (Å²) in [4.78, 5) is 12.2. The zero-order valence-electron chi connectivity index (χ0n) is 14.2. The third-order valence-corrected chi connectivity index (χ3v) is 5.75. The lowest BCUT2D eigenvalue weighted by Gasteiger charge is -2.23. The second-order valence-corrected chi connectivity index (χ2v) is 8.84. The Bertz CT molecular complexity index is 937. The first-order valence-electron chi connectivity index (χ1n) is 7.71. The van der Waals surface area contributed by atoms with Gasteiger partial charge in [-0.05, 0) is 36.2 Å². The van der Waals surface area contributed by atoms with Crippen LogP contribution in [-0.2, 0) is 21.2 Å². The number of hydrogen-bond donors (Lipinski definition) is 1. The summed E-state index contributed by atoms with van der Waals surface area (Å²) in [6, 6.07) is 8.48. The number of carbonyl (C=O) groups is 1. The molecule has 2 rings (SSSR count). The Labute approximate surface area is 172 Å². The van der Waals surface area contributed by atoms with E-state index in [1.165, 1.54) is 24.3 Å². The van der Waals surface area contributed by atoms with Crippen LogP contribution in [0.5, 0.6) is 0 Å². The SMILES string of the molecule is CS(=O)(=O)N(CC(=O)NCCc1ccc(F)cc1)c1cc(Cl)c(Cl)cc1Cl. The van der Waals surface area contributed by atoms with Crippen LogP contribution >= 0.6 is 34.8 Å². The molecule has 1 amide bonds. The van der Waals surface area contributed by atoms with Gasteiger partial charge in [0.2, 0.25) is 15.9 Å². The summed E-state index contributed by atoms with van der Waals surface area (Å²) in [5.41, 5.74) is 0.895. The van der Waals surface area contributed by atoms with Crippen LogP contribution in [0.4, 0.5) is 10.1 Å². The van der Waals surface area contributed by atoms with Gasteiger partial charge in [-0.25, -0.2) is 12.8 Å². The molecule has 5 nitrogen and oxygen atoms in total. The first kappa shape index (κ1) is 21.8. The molecule has 0 aliphatic rings. The molecule has 10 heteroatoms. The summed E-state index contributed by atoms with van der Waals surface area (Å²) in [5.74, 6) is -0.866. The number of benzene rings is 2. The maximum Gasteiger partial charge on any atom is 0.240 e. The summed E-state index contributed by atoms with van der Waals surface area (Å²) < 4.78 is 38.0.